The molecule has 10 nitrogen and oxygen atoms in total. The van der Waals surface area contributed by atoms with Crippen molar-refractivity contribution in [3.05, 3.63) is 35.5 Å². The number of hydrogen-bond donors (Lipinski definition) is 1. The molecule has 1 aromatic carbocycles. The first-order valence-electron chi connectivity index (χ1n) is 8.36. The van der Waals surface area contributed by atoms with Gasteiger partial charge in [0.05, 0.1) is 29.4 Å². The molecule has 2 heterocycles. The van der Waals surface area contributed by atoms with Crippen molar-refractivity contribution in [1.82, 2.24) is 10.1 Å². The number of rotatable bonds is 6. The molecule has 1 fully saturated rings. The lowest BCUT2D eigenvalue weighted by molar-refractivity contribution is 0.0429. The van der Waals surface area contributed by atoms with Gasteiger partial charge >= 0.3 is 5.97 Å². The van der Waals surface area contributed by atoms with Gasteiger partial charge in [0.15, 0.2) is 12.4 Å². The summed E-state index contributed by atoms with van der Waals surface area (Å²) >= 11 is 0. The molecular formula is C16H20N4O6S. The highest BCUT2D eigenvalue weighted by atomic mass is 32.2. The molecule has 27 heavy (non-hydrogen) atoms. The maximum absolute atomic E-state index is 12.6. The zero-order valence-corrected chi connectivity index (χ0v) is 15.6. The van der Waals surface area contributed by atoms with E-state index in [4.69, 9.17) is 19.1 Å². The molecule has 0 spiro atoms. The molecule has 0 aliphatic carbocycles. The number of morpholine rings is 1. The summed E-state index contributed by atoms with van der Waals surface area (Å²) in [5.74, 6) is -0.0414. The van der Waals surface area contributed by atoms with Gasteiger partial charge < -0.3 is 18.9 Å². The van der Waals surface area contributed by atoms with Crippen LogP contribution < -0.4 is 10.0 Å². The van der Waals surface area contributed by atoms with Crippen LogP contribution in [0.1, 0.15) is 29.0 Å². The highest BCUT2D eigenvalue weighted by molar-refractivity contribution is 7.89. The largest absolute Gasteiger partial charge is 0.452 e. The van der Waals surface area contributed by atoms with E-state index in [2.05, 4.69) is 10.1 Å². The van der Waals surface area contributed by atoms with Crippen molar-refractivity contribution in [1.29, 1.82) is 0 Å². The van der Waals surface area contributed by atoms with Gasteiger partial charge in [-0.3, -0.25) is 0 Å². The third kappa shape index (κ3) is 4.62. The van der Waals surface area contributed by atoms with Crippen LogP contribution >= 0.6 is 0 Å². The molecule has 0 atom stereocenters. The Morgan fingerprint density at radius 2 is 2.07 bits per heavy atom. The van der Waals surface area contributed by atoms with Crippen molar-refractivity contribution >= 4 is 21.7 Å². The Balaban J connectivity index is 1.86. The minimum Gasteiger partial charge on any atom is -0.452 e. The molecule has 0 radical (unpaired) electrons. The van der Waals surface area contributed by atoms with Crippen LogP contribution in [0.15, 0.2) is 27.6 Å². The first-order valence-corrected chi connectivity index (χ1v) is 9.91. The van der Waals surface area contributed by atoms with E-state index in [-0.39, 0.29) is 23.0 Å². The van der Waals surface area contributed by atoms with Gasteiger partial charge in [-0.1, -0.05) is 12.1 Å². The third-order valence-corrected chi connectivity index (χ3v) is 4.93. The zero-order valence-electron chi connectivity index (χ0n) is 14.8. The molecule has 0 amide bonds. The number of primary sulfonamides is 1. The van der Waals surface area contributed by atoms with E-state index in [0.29, 0.717) is 44.2 Å². The normalized spacial score (nSPS) is 15.0. The molecule has 1 aliphatic rings. The molecule has 146 valence electrons. The minimum atomic E-state index is -3.97. The van der Waals surface area contributed by atoms with Gasteiger partial charge in [-0.25, -0.2) is 18.4 Å². The number of aryl methyl sites for hydroxylation is 1. The van der Waals surface area contributed by atoms with Crippen molar-refractivity contribution in [2.45, 2.75) is 24.8 Å². The maximum Gasteiger partial charge on any atom is 0.340 e. The smallest absolute Gasteiger partial charge is 0.340 e. The maximum atomic E-state index is 12.6. The van der Waals surface area contributed by atoms with Crippen molar-refractivity contribution in [2.75, 3.05) is 31.2 Å². The molecule has 0 saturated carbocycles. The highest BCUT2D eigenvalue weighted by Crippen LogP contribution is 2.26. The van der Waals surface area contributed by atoms with Gasteiger partial charge in [0.2, 0.25) is 10.0 Å². The number of hydrogen-bond acceptors (Lipinski definition) is 9. The Morgan fingerprint density at radius 1 is 1.33 bits per heavy atom. The van der Waals surface area contributed by atoms with Gasteiger partial charge in [-0.2, -0.15) is 4.98 Å². The predicted molar refractivity (Wildman–Crippen MR) is 93.6 cm³/mol. The van der Waals surface area contributed by atoms with E-state index in [1.165, 1.54) is 12.1 Å². The molecule has 1 saturated heterocycles. The molecule has 2 aromatic rings. The number of carbonyl (C=O) groups is 1. The van der Waals surface area contributed by atoms with E-state index in [1.807, 2.05) is 11.8 Å². The Labute approximate surface area is 156 Å². The van der Waals surface area contributed by atoms with Crippen LogP contribution in [0.5, 0.6) is 0 Å². The zero-order chi connectivity index (χ0) is 19.4. The molecule has 2 N–H and O–H groups in total. The second-order valence-corrected chi connectivity index (χ2v) is 7.42. The number of nitrogens with zero attached hydrogens (tertiary/aromatic N) is 3. The van der Waals surface area contributed by atoms with Crippen molar-refractivity contribution in [2.24, 2.45) is 5.14 Å². The molecule has 0 bridgehead atoms. The van der Waals surface area contributed by atoms with Crippen LogP contribution in [0.4, 0.5) is 5.69 Å². The van der Waals surface area contributed by atoms with Crippen LogP contribution in [0.2, 0.25) is 0 Å². The Hall–Kier alpha value is -2.50. The minimum absolute atomic E-state index is 0.0960. The SMILES string of the molecule is CCc1noc(COC(=O)c2cc(S(N)(=O)=O)ccc2N2CCOCC2)n1. The molecular weight excluding hydrogens is 376 g/mol. The van der Waals surface area contributed by atoms with Gasteiger partial charge in [0, 0.05) is 19.5 Å². The monoisotopic (exact) mass is 396 g/mol. The molecule has 1 aromatic heterocycles. The first kappa shape index (κ1) is 19.3. The fourth-order valence-electron chi connectivity index (χ4n) is 2.63. The molecule has 3 rings (SSSR count). The van der Waals surface area contributed by atoms with Crippen molar-refractivity contribution in [3.63, 3.8) is 0 Å². The van der Waals surface area contributed by atoms with Gasteiger partial charge in [0.1, 0.15) is 0 Å². The average molecular weight is 396 g/mol. The van der Waals surface area contributed by atoms with E-state index in [9.17, 15) is 13.2 Å². The topological polar surface area (TPSA) is 138 Å². The lowest BCUT2D eigenvalue weighted by Crippen LogP contribution is -2.37. The van der Waals surface area contributed by atoms with Gasteiger partial charge in [0.25, 0.3) is 5.89 Å². The van der Waals surface area contributed by atoms with Crippen molar-refractivity contribution in [3.8, 4) is 0 Å². The molecule has 0 unspecified atom stereocenters. The van der Waals surface area contributed by atoms with Crippen LogP contribution in [0.3, 0.4) is 0 Å². The second kappa shape index (κ2) is 8.03. The summed E-state index contributed by atoms with van der Waals surface area (Å²) in [6.07, 6.45) is 0.592. The number of benzene rings is 1. The number of carbonyl (C=O) groups excluding carboxylic acids is 1. The summed E-state index contributed by atoms with van der Waals surface area (Å²) in [5.41, 5.74) is 0.647. The van der Waals surface area contributed by atoms with Crippen LogP contribution in [0, 0.1) is 0 Å². The summed E-state index contributed by atoms with van der Waals surface area (Å²) in [5, 5.41) is 8.92. The fourth-order valence-corrected chi connectivity index (χ4v) is 3.17. The first-order chi connectivity index (χ1) is 12.9. The van der Waals surface area contributed by atoms with Crippen LogP contribution in [-0.2, 0) is 32.5 Å². The van der Waals surface area contributed by atoms with Gasteiger partial charge in [-0.05, 0) is 18.2 Å². The Morgan fingerprint density at radius 3 is 2.70 bits per heavy atom. The number of anilines is 1. The Kier molecular flexibility index (Phi) is 5.73. The summed E-state index contributed by atoms with van der Waals surface area (Å²) < 4.78 is 38.9. The van der Waals surface area contributed by atoms with E-state index in [1.54, 1.807) is 6.07 Å². The lowest BCUT2D eigenvalue weighted by Gasteiger charge is -2.30. The highest BCUT2D eigenvalue weighted by Gasteiger charge is 2.23. The van der Waals surface area contributed by atoms with E-state index in [0.717, 1.165) is 0 Å². The summed E-state index contributed by atoms with van der Waals surface area (Å²) in [7, 11) is -3.97. The quantitative estimate of drug-likeness (QED) is 0.690. The second-order valence-electron chi connectivity index (χ2n) is 5.86. The standard InChI is InChI=1S/C16H20N4O6S/c1-2-14-18-15(26-19-14)10-25-16(21)12-9-11(27(17,22)23)3-4-13(12)20-5-7-24-8-6-20/h3-4,9H,2,5-8,10H2,1H3,(H2,17,22,23). The number of esters is 1. The average Bonchev–Trinajstić information content (AvgIpc) is 3.14. The number of sulfonamides is 1. The summed E-state index contributed by atoms with van der Waals surface area (Å²) in [4.78, 5) is 18.5. The predicted octanol–water partition coefficient (Wildman–Crippen LogP) is 0.473. The molecule has 11 heteroatoms. The summed E-state index contributed by atoms with van der Waals surface area (Å²) in [6.45, 7) is 3.81. The number of ether oxygens (including phenoxy) is 2. The summed E-state index contributed by atoms with van der Waals surface area (Å²) in [6, 6.07) is 4.12. The Bertz CT molecular complexity index is 921. The third-order valence-electron chi connectivity index (χ3n) is 4.02. The van der Waals surface area contributed by atoms with Crippen molar-refractivity contribution < 1.29 is 27.2 Å². The lowest BCUT2D eigenvalue weighted by atomic mass is 10.1. The van der Waals surface area contributed by atoms with E-state index >= 15 is 0 Å². The van der Waals surface area contributed by atoms with Crippen LogP contribution in [-0.4, -0.2) is 50.8 Å². The molecule has 1 aliphatic heterocycles. The van der Waals surface area contributed by atoms with Gasteiger partial charge in [-0.15, -0.1) is 0 Å². The fraction of sp³-hybridized carbons (Fsp3) is 0.438. The number of nitrogens with two attached hydrogens (primary N) is 1. The van der Waals surface area contributed by atoms with Crippen LogP contribution in [0.25, 0.3) is 0 Å². The van der Waals surface area contributed by atoms with E-state index < -0.39 is 16.0 Å². The number of aromatic nitrogens is 2.